The van der Waals surface area contributed by atoms with Crippen LogP contribution in [0.3, 0.4) is 0 Å². The Kier molecular flexibility index (Phi) is 2.73. The molecule has 0 aromatic carbocycles. The molecule has 0 saturated carbocycles. The summed E-state index contributed by atoms with van der Waals surface area (Å²) < 4.78 is 1.72. The molecule has 15 heavy (non-hydrogen) atoms. The fourth-order valence-corrected chi connectivity index (χ4v) is 1.25. The third-order valence-corrected chi connectivity index (χ3v) is 1.91. The lowest BCUT2D eigenvalue weighted by Crippen LogP contribution is -2.01. The third kappa shape index (κ3) is 2.40. The van der Waals surface area contributed by atoms with Crippen LogP contribution in [0.25, 0.3) is 0 Å². The normalized spacial score (nSPS) is 9.87. The van der Waals surface area contributed by atoms with Gasteiger partial charge in [0, 0.05) is 12.4 Å². The highest BCUT2D eigenvalue weighted by Crippen LogP contribution is 2.05. The molecule has 0 aliphatic heterocycles. The van der Waals surface area contributed by atoms with Crippen molar-refractivity contribution < 1.29 is 4.79 Å². The number of carbonyl (C=O) groups excluding carboxylic acids is 1. The first-order chi connectivity index (χ1) is 7.38. The van der Waals surface area contributed by atoms with E-state index in [1.165, 1.54) is 0 Å². The molecule has 2 aromatic heterocycles. The lowest BCUT2D eigenvalue weighted by Gasteiger charge is -1.99. The zero-order valence-electron chi connectivity index (χ0n) is 8.00. The zero-order valence-corrected chi connectivity index (χ0v) is 8.00. The molecule has 0 fully saturated rings. The molecule has 2 heterocycles. The van der Waals surface area contributed by atoms with Gasteiger partial charge < -0.3 is 5.32 Å². The minimum absolute atomic E-state index is 0.599. The molecule has 1 N–H and O–H groups in total. The molecule has 0 aliphatic rings. The fourth-order valence-electron chi connectivity index (χ4n) is 1.25. The number of carbonyl (C=O) groups is 1. The van der Waals surface area contributed by atoms with Crippen LogP contribution in [-0.4, -0.2) is 21.2 Å². The van der Waals surface area contributed by atoms with E-state index >= 15 is 0 Å². The molecule has 1 amide bonds. The number of nitrogens with one attached hydrogen (secondary N) is 1. The highest BCUT2D eigenvalue weighted by molar-refractivity contribution is 5.69. The monoisotopic (exact) mass is 202 g/mol. The Morgan fingerprint density at radius 3 is 3.13 bits per heavy atom. The number of hydrogen-bond donors (Lipinski definition) is 1. The first kappa shape index (κ1) is 9.39. The average molecular weight is 202 g/mol. The molecule has 0 aliphatic carbocycles. The van der Waals surface area contributed by atoms with Crippen LogP contribution in [0.5, 0.6) is 0 Å². The second-order valence-electron chi connectivity index (χ2n) is 3.01. The number of aromatic nitrogens is 3. The van der Waals surface area contributed by atoms with E-state index in [2.05, 4.69) is 15.4 Å². The summed E-state index contributed by atoms with van der Waals surface area (Å²) in [6.07, 6.45) is 5.71. The van der Waals surface area contributed by atoms with Crippen molar-refractivity contribution in [3.63, 3.8) is 0 Å². The molecular formula is C10H10N4O. The predicted octanol–water partition coefficient (Wildman–Crippen LogP) is 0.895. The Labute approximate surface area is 86.8 Å². The summed E-state index contributed by atoms with van der Waals surface area (Å²) in [5, 5.41) is 6.61. The largest absolute Gasteiger partial charge is 0.326 e. The van der Waals surface area contributed by atoms with E-state index in [1.54, 1.807) is 23.3 Å². The van der Waals surface area contributed by atoms with Crippen LogP contribution in [0.4, 0.5) is 5.69 Å². The van der Waals surface area contributed by atoms with Gasteiger partial charge in [0.25, 0.3) is 0 Å². The van der Waals surface area contributed by atoms with E-state index in [1.807, 2.05) is 18.2 Å². The summed E-state index contributed by atoms with van der Waals surface area (Å²) in [7, 11) is 0. The summed E-state index contributed by atoms with van der Waals surface area (Å²) in [6, 6.07) is 5.72. The smallest absolute Gasteiger partial charge is 0.211 e. The SMILES string of the molecule is O=CNc1cnn(Cc2ccccn2)c1. The minimum Gasteiger partial charge on any atom is -0.326 e. The van der Waals surface area contributed by atoms with Gasteiger partial charge in [-0.1, -0.05) is 6.07 Å². The second-order valence-corrected chi connectivity index (χ2v) is 3.01. The van der Waals surface area contributed by atoms with Gasteiger partial charge in [-0.05, 0) is 12.1 Å². The minimum atomic E-state index is 0.599. The molecule has 2 aromatic rings. The van der Waals surface area contributed by atoms with Gasteiger partial charge in [0.2, 0.25) is 6.41 Å². The maximum atomic E-state index is 10.2. The summed E-state index contributed by atoms with van der Waals surface area (Å²) in [5.74, 6) is 0. The Balaban J connectivity index is 2.08. The number of pyridine rings is 1. The van der Waals surface area contributed by atoms with E-state index in [9.17, 15) is 4.79 Å². The lowest BCUT2D eigenvalue weighted by molar-refractivity contribution is -0.105. The van der Waals surface area contributed by atoms with E-state index in [4.69, 9.17) is 0 Å². The maximum Gasteiger partial charge on any atom is 0.211 e. The maximum absolute atomic E-state index is 10.2. The molecule has 2 rings (SSSR count). The number of nitrogens with zero attached hydrogens (tertiary/aromatic N) is 3. The van der Waals surface area contributed by atoms with Crippen molar-refractivity contribution in [1.82, 2.24) is 14.8 Å². The Hall–Kier alpha value is -2.17. The molecular weight excluding hydrogens is 192 g/mol. The van der Waals surface area contributed by atoms with Crippen LogP contribution in [0, 0.1) is 0 Å². The van der Waals surface area contributed by atoms with E-state index in [0.29, 0.717) is 18.6 Å². The fraction of sp³-hybridized carbons (Fsp3) is 0.100. The molecule has 0 atom stereocenters. The van der Waals surface area contributed by atoms with E-state index < -0.39 is 0 Å². The van der Waals surface area contributed by atoms with Gasteiger partial charge in [-0.2, -0.15) is 5.10 Å². The number of anilines is 1. The van der Waals surface area contributed by atoms with Gasteiger partial charge in [0.15, 0.2) is 0 Å². The molecule has 0 saturated heterocycles. The molecule has 5 heteroatoms. The van der Waals surface area contributed by atoms with Crippen LogP contribution in [-0.2, 0) is 11.3 Å². The highest BCUT2D eigenvalue weighted by Gasteiger charge is 1.98. The molecule has 0 radical (unpaired) electrons. The van der Waals surface area contributed by atoms with Crippen LogP contribution in [0.1, 0.15) is 5.69 Å². The first-order valence-electron chi connectivity index (χ1n) is 4.51. The van der Waals surface area contributed by atoms with Crippen LogP contribution >= 0.6 is 0 Å². The molecule has 0 spiro atoms. The van der Waals surface area contributed by atoms with Crippen LogP contribution in [0.2, 0.25) is 0 Å². The highest BCUT2D eigenvalue weighted by atomic mass is 16.1. The van der Waals surface area contributed by atoms with Gasteiger partial charge in [-0.3, -0.25) is 14.5 Å². The van der Waals surface area contributed by atoms with E-state index in [-0.39, 0.29) is 0 Å². The summed E-state index contributed by atoms with van der Waals surface area (Å²) in [5.41, 5.74) is 1.61. The van der Waals surface area contributed by atoms with Crippen LogP contribution in [0.15, 0.2) is 36.8 Å². The van der Waals surface area contributed by atoms with Crippen molar-refractivity contribution in [1.29, 1.82) is 0 Å². The van der Waals surface area contributed by atoms with Crippen molar-refractivity contribution in [2.75, 3.05) is 5.32 Å². The Bertz CT molecular complexity index is 438. The molecule has 0 unspecified atom stereocenters. The average Bonchev–Trinajstić information content (AvgIpc) is 2.68. The predicted molar refractivity (Wildman–Crippen MR) is 55.3 cm³/mol. The molecule has 76 valence electrons. The van der Waals surface area contributed by atoms with Crippen molar-refractivity contribution in [2.24, 2.45) is 0 Å². The number of rotatable bonds is 4. The Morgan fingerprint density at radius 1 is 1.47 bits per heavy atom. The van der Waals surface area contributed by atoms with Crippen molar-refractivity contribution in [2.45, 2.75) is 6.54 Å². The van der Waals surface area contributed by atoms with Crippen molar-refractivity contribution in [3.05, 3.63) is 42.5 Å². The number of amides is 1. The van der Waals surface area contributed by atoms with E-state index in [0.717, 1.165) is 5.69 Å². The van der Waals surface area contributed by atoms with Gasteiger partial charge in [-0.15, -0.1) is 0 Å². The second kappa shape index (κ2) is 4.36. The lowest BCUT2D eigenvalue weighted by atomic mass is 10.3. The first-order valence-corrected chi connectivity index (χ1v) is 4.51. The zero-order chi connectivity index (χ0) is 10.5. The van der Waals surface area contributed by atoms with Gasteiger partial charge in [0.05, 0.1) is 24.1 Å². The van der Waals surface area contributed by atoms with Gasteiger partial charge in [-0.25, -0.2) is 0 Å². The molecule has 0 bridgehead atoms. The van der Waals surface area contributed by atoms with Crippen molar-refractivity contribution in [3.8, 4) is 0 Å². The van der Waals surface area contributed by atoms with Crippen molar-refractivity contribution >= 4 is 12.1 Å². The van der Waals surface area contributed by atoms with Gasteiger partial charge >= 0.3 is 0 Å². The topological polar surface area (TPSA) is 59.8 Å². The summed E-state index contributed by atoms with van der Waals surface area (Å²) in [4.78, 5) is 14.4. The quantitative estimate of drug-likeness (QED) is 0.749. The molecule has 5 nitrogen and oxygen atoms in total. The third-order valence-electron chi connectivity index (χ3n) is 1.91. The standard InChI is InChI=1S/C10H10N4O/c15-8-12-10-5-13-14(7-10)6-9-3-1-2-4-11-9/h1-5,7-8H,6H2,(H,12,15). The summed E-state index contributed by atoms with van der Waals surface area (Å²) in [6.45, 7) is 0.599. The number of hydrogen-bond acceptors (Lipinski definition) is 3. The van der Waals surface area contributed by atoms with Crippen LogP contribution < -0.4 is 5.32 Å². The Morgan fingerprint density at radius 2 is 2.40 bits per heavy atom. The van der Waals surface area contributed by atoms with Gasteiger partial charge in [0.1, 0.15) is 0 Å². The summed E-state index contributed by atoms with van der Waals surface area (Å²) >= 11 is 0.